The number of oxime groups is 1. The first-order valence-electron chi connectivity index (χ1n) is 8.11. The Morgan fingerprint density at radius 1 is 1.20 bits per heavy atom. The number of ether oxygens (including phenoxy) is 2. The fraction of sp³-hybridized carbons (Fsp3) is 0.263. The van der Waals surface area contributed by atoms with Crippen LogP contribution in [0, 0.1) is 6.92 Å². The first-order chi connectivity index (χ1) is 12.1. The van der Waals surface area contributed by atoms with Gasteiger partial charge in [-0.15, -0.1) is 0 Å². The van der Waals surface area contributed by atoms with Crippen molar-refractivity contribution in [1.29, 1.82) is 0 Å². The molecule has 0 bridgehead atoms. The van der Waals surface area contributed by atoms with Gasteiger partial charge in [0.05, 0.1) is 25.0 Å². The molecule has 0 unspecified atom stereocenters. The second-order valence-corrected chi connectivity index (χ2v) is 5.93. The molecule has 2 aromatic rings. The number of methoxy groups -OCH3 is 1. The lowest BCUT2D eigenvalue weighted by Gasteiger charge is -2.28. The molecular weight excluding hydrogens is 320 g/mol. The number of Topliss-reactive ketones (excluding diaryl/α,β-unsaturated/α-hetero) is 1. The van der Waals surface area contributed by atoms with Crippen LogP contribution in [0.25, 0.3) is 0 Å². The van der Waals surface area contributed by atoms with E-state index in [4.69, 9.17) is 14.3 Å². The highest BCUT2D eigenvalue weighted by Crippen LogP contribution is 2.45. The SMILES string of the molecule is CCO[C@@]12ON=C(c3ccc(OC)cc3)N1c1ccc(C)cc1C2=O. The third-order valence-electron chi connectivity index (χ3n) is 4.37. The predicted molar refractivity (Wildman–Crippen MR) is 93.0 cm³/mol. The summed E-state index contributed by atoms with van der Waals surface area (Å²) in [7, 11) is 1.61. The van der Waals surface area contributed by atoms with Gasteiger partial charge >= 0.3 is 5.91 Å². The smallest absolute Gasteiger partial charge is 0.390 e. The van der Waals surface area contributed by atoms with Crippen LogP contribution >= 0.6 is 0 Å². The lowest BCUT2D eigenvalue weighted by molar-refractivity contribution is -0.178. The maximum Gasteiger partial charge on any atom is 0.390 e. The average Bonchev–Trinajstić information content (AvgIpc) is 3.11. The summed E-state index contributed by atoms with van der Waals surface area (Å²) >= 11 is 0. The van der Waals surface area contributed by atoms with Crippen LogP contribution < -0.4 is 9.64 Å². The van der Waals surface area contributed by atoms with Crippen LogP contribution in [-0.4, -0.2) is 31.2 Å². The zero-order valence-corrected chi connectivity index (χ0v) is 14.3. The molecule has 2 heterocycles. The second kappa shape index (κ2) is 5.60. The summed E-state index contributed by atoms with van der Waals surface area (Å²) in [6.07, 6.45) is 0. The number of carbonyl (C=O) groups excluding carboxylic acids is 1. The standard InChI is InChI=1S/C19H18N2O4/c1-4-24-19-17(22)15-11-12(2)5-10-16(15)21(19)18(20-25-19)13-6-8-14(23-3)9-7-13/h5-11H,4H2,1-3H3/t19-/m0/s1. The van der Waals surface area contributed by atoms with E-state index in [1.54, 1.807) is 12.0 Å². The Morgan fingerprint density at radius 3 is 2.64 bits per heavy atom. The first-order valence-corrected chi connectivity index (χ1v) is 8.11. The summed E-state index contributed by atoms with van der Waals surface area (Å²) in [4.78, 5) is 20.3. The predicted octanol–water partition coefficient (Wildman–Crippen LogP) is 3.09. The number of anilines is 1. The Kier molecular flexibility index (Phi) is 3.51. The molecule has 6 nitrogen and oxygen atoms in total. The summed E-state index contributed by atoms with van der Waals surface area (Å²) in [5.41, 5.74) is 3.12. The van der Waals surface area contributed by atoms with Crippen LogP contribution in [-0.2, 0) is 9.57 Å². The molecule has 0 saturated heterocycles. The normalized spacial score (nSPS) is 20.8. The molecule has 0 amide bonds. The minimum Gasteiger partial charge on any atom is -0.497 e. The zero-order chi connectivity index (χ0) is 17.6. The van der Waals surface area contributed by atoms with Gasteiger partial charge < -0.3 is 14.3 Å². The van der Waals surface area contributed by atoms with Crippen molar-refractivity contribution >= 4 is 17.3 Å². The quantitative estimate of drug-likeness (QED) is 0.857. The molecule has 0 aromatic heterocycles. The van der Waals surface area contributed by atoms with Crippen LogP contribution in [0.3, 0.4) is 0 Å². The van der Waals surface area contributed by atoms with E-state index in [1.165, 1.54) is 0 Å². The molecule has 0 saturated carbocycles. The summed E-state index contributed by atoms with van der Waals surface area (Å²) < 4.78 is 11.0. The minimum atomic E-state index is -1.56. The van der Waals surface area contributed by atoms with Gasteiger partial charge in [0.2, 0.25) is 0 Å². The summed E-state index contributed by atoms with van der Waals surface area (Å²) in [5.74, 6) is -0.514. The molecule has 0 fully saturated rings. The van der Waals surface area contributed by atoms with E-state index >= 15 is 0 Å². The Bertz CT molecular complexity index is 875. The van der Waals surface area contributed by atoms with Crippen molar-refractivity contribution in [3.63, 3.8) is 0 Å². The number of nitrogens with zero attached hydrogens (tertiary/aromatic N) is 2. The topological polar surface area (TPSA) is 60.4 Å². The third kappa shape index (κ3) is 2.14. The molecule has 6 heteroatoms. The van der Waals surface area contributed by atoms with Crippen LogP contribution in [0.5, 0.6) is 5.75 Å². The van der Waals surface area contributed by atoms with Gasteiger partial charge in [-0.25, -0.2) is 0 Å². The molecule has 2 aromatic carbocycles. The van der Waals surface area contributed by atoms with Gasteiger partial charge in [0, 0.05) is 5.56 Å². The summed E-state index contributed by atoms with van der Waals surface area (Å²) in [6.45, 7) is 4.09. The average molecular weight is 338 g/mol. The van der Waals surface area contributed by atoms with Crippen molar-refractivity contribution in [2.75, 3.05) is 18.6 Å². The van der Waals surface area contributed by atoms with E-state index in [1.807, 2.05) is 56.3 Å². The number of hydrogen-bond donors (Lipinski definition) is 0. The maximum atomic E-state index is 13.0. The molecule has 2 aliphatic rings. The fourth-order valence-corrected chi connectivity index (χ4v) is 3.21. The summed E-state index contributed by atoms with van der Waals surface area (Å²) in [5, 5.41) is 4.16. The molecule has 2 aliphatic heterocycles. The van der Waals surface area contributed by atoms with Crippen molar-refractivity contribution in [1.82, 2.24) is 0 Å². The third-order valence-corrected chi connectivity index (χ3v) is 4.37. The molecule has 128 valence electrons. The Morgan fingerprint density at radius 2 is 1.96 bits per heavy atom. The van der Waals surface area contributed by atoms with Crippen molar-refractivity contribution in [3.8, 4) is 5.75 Å². The van der Waals surface area contributed by atoms with E-state index in [9.17, 15) is 4.79 Å². The van der Waals surface area contributed by atoms with Gasteiger partial charge in [0.1, 0.15) is 5.75 Å². The lowest BCUT2D eigenvalue weighted by Crippen LogP contribution is -2.52. The highest BCUT2D eigenvalue weighted by atomic mass is 16.8. The maximum absolute atomic E-state index is 13.0. The summed E-state index contributed by atoms with van der Waals surface area (Å²) in [6, 6.07) is 13.1. The van der Waals surface area contributed by atoms with Crippen molar-refractivity contribution in [3.05, 3.63) is 59.2 Å². The number of rotatable bonds is 4. The molecule has 0 N–H and O–H groups in total. The lowest BCUT2D eigenvalue weighted by atomic mass is 10.1. The Labute approximate surface area is 145 Å². The molecule has 0 radical (unpaired) electrons. The Hall–Kier alpha value is -2.86. The van der Waals surface area contributed by atoms with Crippen LogP contribution in [0.2, 0.25) is 0 Å². The van der Waals surface area contributed by atoms with E-state index in [-0.39, 0.29) is 5.78 Å². The van der Waals surface area contributed by atoms with Crippen molar-refractivity contribution < 1.29 is 19.1 Å². The van der Waals surface area contributed by atoms with Gasteiger partial charge in [-0.2, -0.15) is 0 Å². The van der Waals surface area contributed by atoms with Gasteiger partial charge in [-0.3, -0.25) is 9.69 Å². The van der Waals surface area contributed by atoms with Crippen molar-refractivity contribution in [2.24, 2.45) is 5.16 Å². The molecule has 0 spiro atoms. The van der Waals surface area contributed by atoms with Gasteiger partial charge in [0.25, 0.3) is 5.78 Å². The number of ketones is 1. The Balaban J connectivity index is 1.84. The second-order valence-electron chi connectivity index (χ2n) is 5.93. The monoisotopic (exact) mass is 338 g/mol. The largest absolute Gasteiger partial charge is 0.497 e. The molecule has 0 aliphatic carbocycles. The highest BCUT2D eigenvalue weighted by Gasteiger charge is 2.61. The van der Waals surface area contributed by atoms with E-state index in [0.29, 0.717) is 18.0 Å². The van der Waals surface area contributed by atoms with Gasteiger partial charge in [0.15, 0.2) is 5.84 Å². The fourth-order valence-electron chi connectivity index (χ4n) is 3.21. The van der Waals surface area contributed by atoms with Gasteiger partial charge in [-0.1, -0.05) is 16.8 Å². The highest BCUT2D eigenvalue weighted by molar-refractivity contribution is 6.24. The number of aryl methyl sites for hydroxylation is 1. The number of hydrogen-bond acceptors (Lipinski definition) is 6. The number of carbonyl (C=O) groups is 1. The van der Waals surface area contributed by atoms with E-state index < -0.39 is 5.91 Å². The van der Waals surface area contributed by atoms with Crippen LogP contribution in [0.15, 0.2) is 47.6 Å². The van der Waals surface area contributed by atoms with Crippen LogP contribution in [0.1, 0.15) is 28.4 Å². The number of amidine groups is 1. The minimum absolute atomic E-state index is 0.236. The van der Waals surface area contributed by atoms with Gasteiger partial charge in [-0.05, 0) is 50.2 Å². The van der Waals surface area contributed by atoms with Crippen LogP contribution in [0.4, 0.5) is 5.69 Å². The molecule has 4 rings (SSSR count). The van der Waals surface area contributed by atoms with E-state index in [2.05, 4.69) is 5.16 Å². The number of fused-ring (bicyclic) bond motifs is 3. The molecule has 1 atom stereocenters. The first kappa shape index (κ1) is 15.7. The van der Waals surface area contributed by atoms with E-state index in [0.717, 1.165) is 22.6 Å². The zero-order valence-electron chi connectivity index (χ0n) is 14.3. The molecular formula is C19H18N2O4. The van der Waals surface area contributed by atoms with Crippen molar-refractivity contribution in [2.45, 2.75) is 19.8 Å². The number of benzene rings is 2. The molecule has 25 heavy (non-hydrogen) atoms.